The monoisotopic (exact) mass is 560 g/mol. The van der Waals surface area contributed by atoms with E-state index < -0.39 is 17.9 Å². The van der Waals surface area contributed by atoms with Crippen molar-refractivity contribution in [3.8, 4) is 0 Å². The van der Waals surface area contributed by atoms with Gasteiger partial charge in [-0.2, -0.15) is 0 Å². The third kappa shape index (κ3) is 4.93. The van der Waals surface area contributed by atoms with Gasteiger partial charge < -0.3 is 19.6 Å². The van der Waals surface area contributed by atoms with Crippen LogP contribution in [0.1, 0.15) is 30.4 Å². The average molecular weight is 561 g/mol. The second-order valence-electron chi connectivity index (χ2n) is 10.2. The van der Waals surface area contributed by atoms with Crippen molar-refractivity contribution in [3.63, 3.8) is 0 Å². The maximum atomic E-state index is 13.4. The third-order valence-corrected chi connectivity index (χ3v) is 9.22. The Balaban J connectivity index is 1.48. The first-order chi connectivity index (χ1) is 19.0. The van der Waals surface area contributed by atoms with Gasteiger partial charge in [0.25, 0.3) is 11.8 Å². The lowest BCUT2D eigenvalue weighted by atomic mass is 9.95. The first-order valence-corrected chi connectivity index (χ1v) is 15.7. The molecule has 0 bridgehead atoms. The van der Waals surface area contributed by atoms with E-state index in [4.69, 9.17) is 0 Å². The van der Waals surface area contributed by atoms with E-state index in [1.165, 1.54) is 19.3 Å². The molecule has 39 heavy (non-hydrogen) atoms. The minimum absolute atomic E-state index is 0.378. The molecule has 1 unspecified atom stereocenters. The number of hydrogen-bond donors (Lipinski definition) is 3. The van der Waals surface area contributed by atoms with Gasteiger partial charge in [-0.15, -0.1) is 23.5 Å². The number of aromatic amines is 1. The van der Waals surface area contributed by atoms with Gasteiger partial charge in [0, 0.05) is 68.2 Å². The van der Waals surface area contributed by atoms with Crippen LogP contribution in [0.3, 0.4) is 0 Å². The number of amides is 2. The Morgan fingerprint density at radius 2 is 1.54 bits per heavy atom. The molecule has 0 saturated carbocycles. The average Bonchev–Trinajstić information content (AvgIpc) is 3.60. The second kappa shape index (κ2) is 10.9. The molecule has 1 fully saturated rings. The van der Waals surface area contributed by atoms with Crippen LogP contribution in [-0.4, -0.2) is 69.6 Å². The molecule has 202 valence electrons. The first-order valence-electron chi connectivity index (χ1n) is 13.3. The van der Waals surface area contributed by atoms with E-state index in [-0.39, 0.29) is 0 Å². The molecule has 2 aromatic carbocycles. The Hall–Kier alpha value is -2.98. The largest absolute Gasteiger partial charge is 0.390 e. The van der Waals surface area contributed by atoms with Crippen LogP contribution in [0, 0.1) is 0 Å². The van der Waals surface area contributed by atoms with Gasteiger partial charge in [-0.1, -0.05) is 6.42 Å². The summed E-state index contributed by atoms with van der Waals surface area (Å²) in [4.78, 5) is 34.4. The van der Waals surface area contributed by atoms with Crippen molar-refractivity contribution in [2.75, 3.05) is 32.1 Å². The molecule has 2 aromatic heterocycles. The Bertz CT molecular complexity index is 1610. The van der Waals surface area contributed by atoms with Gasteiger partial charge in [0.1, 0.15) is 0 Å². The van der Waals surface area contributed by atoms with Crippen molar-refractivity contribution in [2.24, 2.45) is 0 Å². The van der Waals surface area contributed by atoms with E-state index in [1.54, 1.807) is 23.5 Å². The number of fused-ring (bicyclic) bond motifs is 2. The molecule has 1 saturated heterocycles. The van der Waals surface area contributed by atoms with E-state index in [9.17, 15) is 14.7 Å². The lowest BCUT2D eigenvalue weighted by molar-refractivity contribution is -0.122. The van der Waals surface area contributed by atoms with Crippen molar-refractivity contribution in [3.05, 3.63) is 59.9 Å². The number of piperidine rings is 1. The number of thioether (sulfide) groups is 2. The van der Waals surface area contributed by atoms with Crippen LogP contribution in [0.5, 0.6) is 0 Å². The number of benzene rings is 2. The molecule has 0 aliphatic carbocycles. The van der Waals surface area contributed by atoms with Gasteiger partial charge in [-0.3, -0.25) is 14.9 Å². The molecule has 2 aliphatic heterocycles. The van der Waals surface area contributed by atoms with Crippen molar-refractivity contribution < 1.29 is 14.7 Å². The Morgan fingerprint density at radius 1 is 0.872 bits per heavy atom. The van der Waals surface area contributed by atoms with Crippen molar-refractivity contribution in [2.45, 2.75) is 41.7 Å². The number of rotatable bonds is 8. The summed E-state index contributed by atoms with van der Waals surface area (Å²) in [7, 11) is 0. The number of carbonyl (C=O) groups is 2. The Kier molecular flexibility index (Phi) is 7.33. The molecule has 3 N–H and O–H groups in total. The zero-order valence-electron chi connectivity index (χ0n) is 22.1. The highest BCUT2D eigenvalue weighted by atomic mass is 32.2. The number of imide groups is 1. The topological polar surface area (TPSA) is 90.4 Å². The van der Waals surface area contributed by atoms with Crippen LogP contribution < -0.4 is 5.32 Å². The molecule has 2 amide bonds. The van der Waals surface area contributed by atoms with Gasteiger partial charge in [0.05, 0.1) is 17.3 Å². The van der Waals surface area contributed by atoms with E-state index in [0.717, 1.165) is 44.7 Å². The molecule has 2 aliphatic rings. The van der Waals surface area contributed by atoms with Crippen molar-refractivity contribution in [1.82, 2.24) is 19.8 Å². The standard InChI is InChI=1S/C30H32N4O3S2/c1-38-19-6-8-25-21(12-19)23(14-31-25)27-28(30(37)32-29(27)36)24-17-34(26-9-7-20(39-2)13-22(24)26)16-18(35)15-33-10-4-3-5-11-33/h6-9,12-14,17-18,31,35H,3-5,10-11,15-16H2,1-2H3,(H,32,36,37). The number of β-amino-alcohol motifs (C(OH)–C–C–N with tert-alkyl or cyclic N) is 1. The lowest BCUT2D eigenvalue weighted by Gasteiger charge is -2.28. The molecule has 0 spiro atoms. The molecule has 0 radical (unpaired) electrons. The van der Waals surface area contributed by atoms with Gasteiger partial charge >= 0.3 is 0 Å². The Morgan fingerprint density at radius 3 is 2.26 bits per heavy atom. The number of aliphatic hydroxyl groups excluding tert-OH is 1. The molecule has 1 atom stereocenters. The second-order valence-corrected chi connectivity index (χ2v) is 12.0. The molecule has 4 heterocycles. The van der Waals surface area contributed by atoms with Crippen molar-refractivity contribution >= 4 is 68.3 Å². The van der Waals surface area contributed by atoms with Crippen LogP contribution >= 0.6 is 23.5 Å². The highest BCUT2D eigenvalue weighted by Crippen LogP contribution is 2.40. The molecular formula is C30H32N4O3S2. The van der Waals surface area contributed by atoms with Gasteiger partial charge in [-0.05, 0) is 74.8 Å². The van der Waals surface area contributed by atoms with Crippen LogP contribution in [0.15, 0.2) is 58.6 Å². The number of likely N-dealkylation sites (tertiary alicyclic amines) is 1. The van der Waals surface area contributed by atoms with Crippen LogP contribution in [0.25, 0.3) is 33.0 Å². The SMILES string of the molecule is CSc1ccc2[nH]cc(C3=C(c4cn(CC(O)CN5CCCCC5)c5ccc(SC)cc45)C(=O)NC3=O)c2c1. The van der Waals surface area contributed by atoms with E-state index in [2.05, 4.69) is 33.4 Å². The summed E-state index contributed by atoms with van der Waals surface area (Å²) in [6, 6.07) is 12.3. The number of nitrogens with zero attached hydrogens (tertiary/aromatic N) is 2. The summed E-state index contributed by atoms with van der Waals surface area (Å²) >= 11 is 3.26. The highest BCUT2D eigenvalue weighted by molar-refractivity contribution is 7.98. The minimum atomic E-state index is -0.544. The lowest BCUT2D eigenvalue weighted by Crippen LogP contribution is -2.37. The van der Waals surface area contributed by atoms with Crippen molar-refractivity contribution in [1.29, 1.82) is 0 Å². The molecular weight excluding hydrogens is 528 g/mol. The molecule has 9 heteroatoms. The first kappa shape index (κ1) is 26.3. The normalized spacial score (nSPS) is 17.5. The van der Waals surface area contributed by atoms with Gasteiger partial charge in [0.2, 0.25) is 0 Å². The van der Waals surface area contributed by atoms with Gasteiger partial charge in [-0.25, -0.2) is 0 Å². The predicted molar refractivity (Wildman–Crippen MR) is 160 cm³/mol. The zero-order chi connectivity index (χ0) is 27.1. The number of nitrogens with one attached hydrogen (secondary N) is 2. The van der Waals surface area contributed by atoms with Crippen LogP contribution in [0.4, 0.5) is 0 Å². The van der Waals surface area contributed by atoms with E-state index in [0.29, 0.717) is 35.4 Å². The maximum Gasteiger partial charge on any atom is 0.259 e. The number of carbonyl (C=O) groups excluding carboxylic acids is 2. The van der Waals surface area contributed by atoms with E-state index >= 15 is 0 Å². The summed E-state index contributed by atoms with van der Waals surface area (Å²) in [6.45, 7) is 3.08. The number of H-pyrrole nitrogens is 1. The Labute approximate surface area is 236 Å². The summed E-state index contributed by atoms with van der Waals surface area (Å²) in [6.07, 6.45) is 10.8. The smallest absolute Gasteiger partial charge is 0.259 e. The molecule has 6 rings (SSSR count). The fourth-order valence-electron chi connectivity index (χ4n) is 5.88. The summed E-state index contributed by atoms with van der Waals surface area (Å²) in [5.41, 5.74) is 4.03. The molecule has 7 nitrogen and oxygen atoms in total. The highest BCUT2D eigenvalue weighted by Gasteiger charge is 2.35. The third-order valence-electron chi connectivity index (χ3n) is 7.77. The number of hydrogen-bond acceptors (Lipinski definition) is 6. The summed E-state index contributed by atoms with van der Waals surface area (Å²) < 4.78 is 2.03. The van der Waals surface area contributed by atoms with Crippen LogP contribution in [0.2, 0.25) is 0 Å². The minimum Gasteiger partial charge on any atom is -0.390 e. The maximum absolute atomic E-state index is 13.4. The van der Waals surface area contributed by atoms with E-state index in [1.807, 2.05) is 47.7 Å². The zero-order valence-corrected chi connectivity index (χ0v) is 23.8. The number of aliphatic hydroxyl groups is 1. The molecule has 4 aromatic rings. The fraction of sp³-hybridized carbons (Fsp3) is 0.333. The quantitative estimate of drug-likeness (QED) is 0.208. The van der Waals surface area contributed by atoms with Crippen LogP contribution in [-0.2, 0) is 16.1 Å². The summed E-state index contributed by atoms with van der Waals surface area (Å²) in [5, 5.41) is 15.4. The number of aromatic nitrogens is 2. The summed E-state index contributed by atoms with van der Waals surface area (Å²) in [5.74, 6) is -0.787. The predicted octanol–water partition coefficient (Wildman–Crippen LogP) is 4.98. The fourth-order valence-corrected chi connectivity index (χ4v) is 6.76. The van der Waals surface area contributed by atoms with Gasteiger partial charge in [0.15, 0.2) is 0 Å².